The molecule has 0 saturated heterocycles. The first-order chi connectivity index (χ1) is 9.67. The van der Waals surface area contributed by atoms with Crippen molar-refractivity contribution in [2.45, 2.75) is 17.7 Å². The van der Waals surface area contributed by atoms with E-state index in [1.807, 2.05) is 24.3 Å². The van der Waals surface area contributed by atoms with Crippen LogP contribution in [0.25, 0.3) is 0 Å². The lowest BCUT2D eigenvalue weighted by atomic mass is 10.1. The van der Waals surface area contributed by atoms with E-state index in [0.29, 0.717) is 12.1 Å². The van der Waals surface area contributed by atoms with Gasteiger partial charge in [0, 0.05) is 5.56 Å². The first-order valence-electron chi connectivity index (χ1n) is 6.31. The molecule has 0 radical (unpaired) electrons. The lowest BCUT2D eigenvalue weighted by molar-refractivity contribution is 0.338. The summed E-state index contributed by atoms with van der Waals surface area (Å²) in [5.74, 6) is 0. The van der Waals surface area contributed by atoms with Crippen molar-refractivity contribution in [2.75, 3.05) is 0 Å². The van der Waals surface area contributed by atoms with Crippen molar-refractivity contribution in [3.8, 4) is 0 Å². The SMILES string of the molecule is O=S(=O)(ON=C1CCc2ccccc21)c1ccccc1. The lowest BCUT2D eigenvalue weighted by Gasteiger charge is -2.02. The second-order valence-electron chi connectivity index (χ2n) is 4.54. The second-order valence-corrected chi connectivity index (χ2v) is 6.07. The molecule has 0 aromatic heterocycles. The average Bonchev–Trinajstić information content (AvgIpc) is 2.89. The molecule has 3 rings (SSSR count). The van der Waals surface area contributed by atoms with E-state index in [1.165, 1.54) is 17.7 Å². The molecule has 2 aromatic rings. The summed E-state index contributed by atoms with van der Waals surface area (Å²) in [7, 11) is -3.84. The molecule has 102 valence electrons. The average molecular weight is 287 g/mol. The molecule has 0 fully saturated rings. The number of hydrogen-bond donors (Lipinski definition) is 0. The first-order valence-corrected chi connectivity index (χ1v) is 7.71. The fraction of sp³-hybridized carbons (Fsp3) is 0.133. The molecule has 1 aliphatic rings. The van der Waals surface area contributed by atoms with Crippen LogP contribution in [0.3, 0.4) is 0 Å². The van der Waals surface area contributed by atoms with Crippen molar-refractivity contribution in [1.82, 2.24) is 0 Å². The number of nitrogens with zero attached hydrogens (tertiary/aromatic N) is 1. The zero-order valence-electron chi connectivity index (χ0n) is 10.7. The van der Waals surface area contributed by atoms with E-state index < -0.39 is 10.1 Å². The summed E-state index contributed by atoms with van der Waals surface area (Å²) in [4.78, 5) is 0.107. The van der Waals surface area contributed by atoms with Crippen LogP contribution in [0.2, 0.25) is 0 Å². The highest BCUT2D eigenvalue weighted by molar-refractivity contribution is 7.86. The van der Waals surface area contributed by atoms with Crippen LogP contribution in [0.5, 0.6) is 0 Å². The van der Waals surface area contributed by atoms with Crippen LogP contribution in [0.15, 0.2) is 64.6 Å². The molecule has 20 heavy (non-hydrogen) atoms. The Hall–Kier alpha value is -2.14. The van der Waals surface area contributed by atoms with Crippen LogP contribution in [-0.2, 0) is 20.8 Å². The van der Waals surface area contributed by atoms with E-state index in [2.05, 4.69) is 5.16 Å². The molecule has 0 heterocycles. The Bertz CT molecular complexity index is 752. The Morgan fingerprint density at radius 1 is 0.900 bits per heavy atom. The number of hydrogen-bond acceptors (Lipinski definition) is 4. The molecule has 0 saturated carbocycles. The zero-order valence-corrected chi connectivity index (χ0v) is 11.5. The van der Waals surface area contributed by atoms with Crippen molar-refractivity contribution in [3.05, 3.63) is 65.7 Å². The maximum Gasteiger partial charge on any atom is 0.358 e. The van der Waals surface area contributed by atoms with Crippen molar-refractivity contribution in [1.29, 1.82) is 0 Å². The van der Waals surface area contributed by atoms with Crippen LogP contribution in [0, 0.1) is 0 Å². The van der Waals surface area contributed by atoms with Gasteiger partial charge in [-0.3, -0.25) is 4.28 Å². The minimum atomic E-state index is -3.84. The van der Waals surface area contributed by atoms with E-state index in [9.17, 15) is 8.42 Å². The summed E-state index contributed by atoms with van der Waals surface area (Å²) < 4.78 is 28.8. The molecule has 2 aromatic carbocycles. The molecule has 5 heteroatoms. The molecule has 4 nitrogen and oxygen atoms in total. The van der Waals surface area contributed by atoms with Gasteiger partial charge in [-0.05, 0) is 30.5 Å². The number of fused-ring (bicyclic) bond motifs is 1. The minimum absolute atomic E-state index is 0.107. The highest BCUT2D eigenvalue weighted by Gasteiger charge is 2.20. The van der Waals surface area contributed by atoms with Crippen LogP contribution in [0.1, 0.15) is 17.5 Å². The van der Waals surface area contributed by atoms with Crippen molar-refractivity contribution < 1.29 is 12.7 Å². The summed E-state index contributed by atoms with van der Waals surface area (Å²) in [6, 6.07) is 15.8. The van der Waals surface area contributed by atoms with Gasteiger partial charge in [0.2, 0.25) is 0 Å². The number of benzene rings is 2. The van der Waals surface area contributed by atoms with Crippen molar-refractivity contribution >= 4 is 15.8 Å². The molecule has 0 unspecified atom stereocenters. The fourth-order valence-corrected chi connectivity index (χ4v) is 2.99. The van der Waals surface area contributed by atoms with Gasteiger partial charge in [0.15, 0.2) is 0 Å². The molecule has 0 N–H and O–H groups in total. The van der Waals surface area contributed by atoms with Gasteiger partial charge in [-0.1, -0.05) is 47.6 Å². The van der Waals surface area contributed by atoms with Gasteiger partial charge in [-0.2, -0.15) is 8.42 Å². The minimum Gasteiger partial charge on any atom is -0.264 e. The van der Waals surface area contributed by atoms with E-state index in [1.54, 1.807) is 18.2 Å². The van der Waals surface area contributed by atoms with E-state index in [-0.39, 0.29) is 4.90 Å². The summed E-state index contributed by atoms with van der Waals surface area (Å²) in [6.45, 7) is 0. The Kier molecular flexibility index (Phi) is 3.28. The van der Waals surface area contributed by atoms with Gasteiger partial charge >= 0.3 is 10.1 Å². The van der Waals surface area contributed by atoms with Gasteiger partial charge in [0.25, 0.3) is 0 Å². The van der Waals surface area contributed by atoms with Gasteiger partial charge in [-0.15, -0.1) is 0 Å². The molecule has 0 bridgehead atoms. The van der Waals surface area contributed by atoms with E-state index >= 15 is 0 Å². The van der Waals surface area contributed by atoms with E-state index in [4.69, 9.17) is 4.28 Å². The Balaban J connectivity index is 1.86. The molecule has 0 spiro atoms. The normalized spacial score (nSPS) is 16.1. The Morgan fingerprint density at radius 3 is 2.40 bits per heavy atom. The monoisotopic (exact) mass is 287 g/mol. The highest BCUT2D eigenvalue weighted by Crippen LogP contribution is 2.23. The van der Waals surface area contributed by atoms with Crippen LogP contribution in [0.4, 0.5) is 0 Å². The molecule has 0 aliphatic heterocycles. The summed E-state index contributed by atoms with van der Waals surface area (Å²) >= 11 is 0. The predicted octanol–water partition coefficient (Wildman–Crippen LogP) is 2.74. The topological polar surface area (TPSA) is 55.7 Å². The third kappa shape index (κ3) is 2.44. The lowest BCUT2D eigenvalue weighted by Crippen LogP contribution is -2.05. The Morgan fingerprint density at radius 2 is 1.60 bits per heavy atom. The van der Waals surface area contributed by atoms with E-state index in [0.717, 1.165) is 12.0 Å². The smallest absolute Gasteiger partial charge is 0.264 e. The van der Waals surface area contributed by atoms with Crippen molar-refractivity contribution in [3.63, 3.8) is 0 Å². The van der Waals surface area contributed by atoms with Gasteiger partial charge < -0.3 is 0 Å². The molecular formula is C15H13NO3S. The van der Waals surface area contributed by atoms with Gasteiger partial charge in [-0.25, -0.2) is 0 Å². The Labute approximate surface area is 117 Å². The fourth-order valence-electron chi connectivity index (χ4n) is 2.23. The number of oxime groups is 1. The predicted molar refractivity (Wildman–Crippen MR) is 76.0 cm³/mol. The summed E-state index contributed by atoms with van der Waals surface area (Å²) in [5, 5.41) is 3.84. The maximum absolute atomic E-state index is 12.0. The zero-order chi connectivity index (χ0) is 14.0. The largest absolute Gasteiger partial charge is 0.358 e. The van der Waals surface area contributed by atoms with Crippen molar-refractivity contribution in [2.24, 2.45) is 5.16 Å². The summed E-state index contributed by atoms with van der Waals surface area (Å²) in [6.07, 6.45) is 1.56. The highest BCUT2D eigenvalue weighted by atomic mass is 32.2. The van der Waals surface area contributed by atoms with Gasteiger partial charge in [0.1, 0.15) is 4.90 Å². The second kappa shape index (κ2) is 5.09. The maximum atomic E-state index is 12.0. The van der Waals surface area contributed by atoms with Crippen LogP contribution < -0.4 is 0 Å². The van der Waals surface area contributed by atoms with Crippen LogP contribution in [-0.4, -0.2) is 14.1 Å². The first kappa shape index (κ1) is 12.9. The molecule has 0 amide bonds. The number of aryl methyl sites for hydroxylation is 1. The molecule has 0 atom stereocenters. The molecule has 1 aliphatic carbocycles. The quantitative estimate of drug-likeness (QED) is 0.816. The summed E-state index contributed by atoms with van der Waals surface area (Å²) in [5.41, 5.74) is 2.82. The standard InChI is InChI=1S/C15H13NO3S/c17-20(18,13-7-2-1-3-8-13)19-16-15-11-10-12-6-4-5-9-14(12)15/h1-9H,10-11H2. The third-order valence-corrected chi connectivity index (χ3v) is 4.36. The number of rotatable bonds is 3. The third-order valence-electron chi connectivity index (χ3n) is 3.24. The molecular weight excluding hydrogens is 274 g/mol. The van der Waals surface area contributed by atoms with Crippen LogP contribution >= 0.6 is 0 Å². The van der Waals surface area contributed by atoms with Gasteiger partial charge in [0.05, 0.1) is 5.71 Å².